The molecule has 5 nitrogen and oxygen atoms in total. The van der Waals surface area contributed by atoms with Gasteiger partial charge in [-0.05, 0) is 57.4 Å². The van der Waals surface area contributed by atoms with Gasteiger partial charge in [-0.3, -0.25) is 4.79 Å². The molecule has 5 heteroatoms. The van der Waals surface area contributed by atoms with Gasteiger partial charge in [0.25, 0.3) is 5.91 Å². The van der Waals surface area contributed by atoms with E-state index in [9.17, 15) is 4.79 Å². The summed E-state index contributed by atoms with van der Waals surface area (Å²) in [6.45, 7) is 8.10. The van der Waals surface area contributed by atoms with Crippen molar-refractivity contribution in [2.45, 2.75) is 33.1 Å². The molecule has 0 saturated carbocycles. The van der Waals surface area contributed by atoms with Gasteiger partial charge in [0.1, 0.15) is 5.82 Å². The van der Waals surface area contributed by atoms with Gasteiger partial charge in [0.05, 0.1) is 16.9 Å². The van der Waals surface area contributed by atoms with Crippen molar-refractivity contribution < 1.29 is 4.79 Å². The average Bonchev–Trinajstić information content (AvgIpc) is 2.70. The first-order valence-electron chi connectivity index (χ1n) is 9.59. The van der Waals surface area contributed by atoms with E-state index in [0.717, 1.165) is 43.4 Å². The Morgan fingerprint density at radius 3 is 2.46 bits per heavy atom. The number of aromatic nitrogens is 1. The fraction of sp³-hybridized carbons (Fsp3) is 0.429. The fourth-order valence-corrected chi connectivity index (χ4v) is 3.44. The maximum absolute atomic E-state index is 12.7. The van der Waals surface area contributed by atoms with Crippen molar-refractivity contribution >= 4 is 23.1 Å². The number of amides is 1. The molecule has 0 atom stereocenters. The maximum atomic E-state index is 12.7. The van der Waals surface area contributed by atoms with Gasteiger partial charge in [0, 0.05) is 32.4 Å². The van der Waals surface area contributed by atoms with E-state index in [1.807, 2.05) is 30.3 Å². The van der Waals surface area contributed by atoms with Crippen LogP contribution in [0.5, 0.6) is 0 Å². The molecule has 1 aromatic heterocycles. The number of anilines is 3. The lowest BCUT2D eigenvalue weighted by Gasteiger charge is -2.30. The highest BCUT2D eigenvalue weighted by Crippen LogP contribution is 2.28. The number of rotatable bonds is 6. The normalized spacial score (nSPS) is 14.2. The number of carbonyl (C=O) groups excluding carboxylic acids is 1. The highest BCUT2D eigenvalue weighted by Gasteiger charge is 2.16. The minimum Gasteiger partial charge on any atom is -0.370 e. The van der Waals surface area contributed by atoms with Crippen molar-refractivity contribution in [3.8, 4) is 0 Å². The molecule has 0 spiro atoms. The summed E-state index contributed by atoms with van der Waals surface area (Å²) in [5.41, 5.74) is 2.55. The molecule has 138 valence electrons. The third kappa shape index (κ3) is 4.15. The average molecular weight is 352 g/mol. The Kier molecular flexibility index (Phi) is 6.10. The molecule has 1 N–H and O–H groups in total. The van der Waals surface area contributed by atoms with Gasteiger partial charge < -0.3 is 15.1 Å². The standard InChI is InChI=1S/C21H28N4O/c1-3-24(4-2)20-13-12-17(16-22-20)21(26)23-18-10-6-7-11-19(18)25-14-8-5-9-15-25/h6-7,10-13,16H,3-5,8-9,14-15H2,1-2H3,(H,23,26). The number of benzene rings is 1. The van der Waals surface area contributed by atoms with E-state index in [1.54, 1.807) is 6.20 Å². The molecule has 1 aliphatic rings. The van der Waals surface area contributed by atoms with Gasteiger partial charge in [-0.25, -0.2) is 4.98 Å². The molecule has 1 aliphatic heterocycles. The Labute approximate surface area is 156 Å². The number of para-hydroxylation sites is 2. The lowest BCUT2D eigenvalue weighted by atomic mass is 10.1. The molecule has 2 heterocycles. The summed E-state index contributed by atoms with van der Waals surface area (Å²) < 4.78 is 0. The molecule has 0 radical (unpaired) electrons. The molecule has 1 aromatic carbocycles. The van der Waals surface area contributed by atoms with Crippen LogP contribution < -0.4 is 15.1 Å². The van der Waals surface area contributed by atoms with Crippen molar-refractivity contribution in [3.63, 3.8) is 0 Å². The quantitative estimate of drug-likeness (QED) is 0.848. The van der Waals surface area contributed by atoms with E-state index in [2.05, 4.69) is 40.0 Å². The second-order valence-corrected chi connectivity index (χ2v) is 6.60. The lowest BCUT2D eigenvalue weighted by Crippen LogP contribution is -2.30. The molecule has 0 bridgehead atoms. The van der Waals surface area contributed by atoms with Crippen LogP contribution in [-0.2, 0) is 0 Å². The van der Waals surface area contributed by atoms with Crippen LogP contribution in [0.4, 0.5) is 17.2 Å². The largest absolute Gasteiger partial charge is 0.370 e. The second kappa shape index (κ2) is 8.70. The number of nitrogens with one attached hydrogen (secondary N) is 1. The zero-order valence-corrected chi connectivity index (χ0v) is 15.7. The fourth-order valence-electron chi connectivity index (χ4n) is 3.44. The summed E-state index contributed by atoms with van der Waals surface area (Å²) in [7, 11) is 0. The minimum absolute atomic E-state index is 0.118. The molecule has 26 heavy (non-hydrogen) atoms. The topological polar surface area (TPSA) is 48.5 Å². The number of pyridine rings is 1. The van der Waals surface area contributed by atoms with Crippen molar-refractivity contribution in [2.24, 2.45) is 0 Å². The van der Waals surface area contributed by atoms with E-state index in [-0.39, 0.29) is 5.91 Å². The van der Waals surface area contributed by atoms with E-state index in [4.69, 9.17) is 0 Å². The van der Waals surface area contributed by atoms with Crippen molar-refractivity contribution in [1.29, 1.82) is 0 Å². The van der Waals surface area contributed by atoms with Crippen LogP contribution in [0.25, 0.3) is 0 Å². The van der Waals surface area contributed by atoms with E-state index in [0.29, 0.717) is 5.56 Å². The summed E-state index contributed by atoms with van der Waals surface area (Å²) in [5, 5.41) is 3.07. The van der Waals surface area contributed by atoms with E-state index >= 15 is 0 Å². The predicted octanol–water partition coefficient (Wildman–Crippen LogP) is 4.17. The molecule has 0 unspecified atom stereocenters. The Bertz CT molecular complexity index is 719. The number of piperidine rings is 1. The number of carbonyl (C=O) groups is 1. The van der Waals surface area contributed by atoms with Gasteiger partial charge in [-0.1, -0.05) is 12.1 Å². The summed E-state index contributed by atoms with van der Waals surface area (Å²) in [5.74, 6) is 0.785. The summed E-state index contributed by atoms with van der Waals surface area (Å²) in [4.78, 5) is 21.7. The minimum atomic E-state index is -0.118. The molecule has 0 aliphatic carbocycles. The van der Waals surface area contributed by atoms with Crippen LogP contribution in [-0.4, -0.2) is 37.1 Å². The number of hydrogen-bond acceptors (Lipinski definition) is 4. The molecule has 2 aromatic rings. The summed E-state index contributed by atoms with van der Waals surface area (Å²) in [6.07, 6.45) is 5.36. The van der Waals surface area contributed by atoms with E-state index < -0.39 is 0 Å². The van der Waals surface area contributed by atoms with Crippen molar-refractivity contribution in [1.82, 2.24) is 4.98 Å². The maximum Gasteiger partial charge on any atom is 0.257 e. The zero-order chi connectivity index (χ0) is 18.4. The highest BCUT2D eigenvalue weighted by atomic mass is 16.1. The van der Waals surface area contributed by atoms with Crippen LogP contribution >= 0.6 is 0 Å². The first kappa shape index (κ1) is 18.2. The van der Waals surface area contributed by atoms with Crippen LogP contribution in [0.15, 0.2) is 42.6 Å². The first-order valence-corrected chi connectivity index (χ1v) is 9.59. The lowest BCUT2D eigenvalue weighted by molar-refractivity contribution is 0.102. The van der Waals surface area contributed by atoms with Crippen molar-refractivity contribution in [3.05, 3.63) is 48.2 Å². The van der Waals surface area contributed by atoms with Crippen LogP contribution in [0, 0.1) is 0 Å². The smallest absolute Gasteiger partial charge is 0.257 e. The third-order valence-electron chi connectivity index (χ3n) is 4.95. The Hall–Kier alpha value is -2.56. The molecule has 1 saturated heterocycles. The molecular formula is C21H28N4O. The van der Waals surface area contributed by atoms with E-state index in [1.165, 1.54) is 19.3 Å². The van der Waals surface area contributed by atoms with Crippen molar-refractivity contribution in [2.75, 3.05) is 41.3 Å². The first-order chi connectivity index (χ1) is 12.7. The Morgan fingerprint density at radius 2 is 1.81 bits per heavy atom. The number of nitrogens with zero attached hydrogens (tertiary/aromatic N) is 3. The predicted molar refractivity (Wildman–Crippen MR) is 108 cm³/mol. The summed E-state index contributed by atoms with van der Waals surface area (Å²) >= 11 is 0. The second-order valence-electron chi connectivity index (χ2n) is 6.60. The SMILES string of the molecule is CCN(CC)c1ccc(C(=O)Nc2ccccc2N2CCCCC2)cn1. The molecule has 3 rings (SSSR count). The monoisotopic (exact) mass is 352 g/mol. The molecular weight excluding hydrogens is 324 g/mol. The highest BCUT2D eigenvalue weighted by molar-refractivity contribution is 6.05. The van der Waals surface area contributed by atoms with Crippen LogP contribution in [0.2, 0.25) is 0 Å². The van der Waals surface area contributed by atoms with Gasteiger partial charge in [-0.2, -0.15) is 0 Å². The Balaban J connectivity index is 1.74. The summed E-state index contributed by atoms with van der Waals surface area (Å²) in [6, 6.07) is 11.8. The van der Waals surface area contributed by atoms with Gasteiger partial charge >= 0.3 is 0 Å². The van der Waals surface area contributed by atoms with Gasteiger partial charge in [0.15, 0.2) is 0 Å². The molecule has 1 fully saturated rings. The molecule has 1 amide bonds. The van der Waals surface area contributed by atoms with Crippen LogP contribution in [0.1, 0.15) is 43.5 Å². The van der Waals surface area contributed by atoms with Gasteiger partial charge in [0.2, 0.25) is 0 Å². The third-order valence-corrected chi connectivity index (χ3v) is 4.95. The van der Waals surface area contributed by atoms with Gasteiger partial charge in [-0.15, -0.1) is 0 Å². The number of hydrogen-bond donors (Lipinski definition) is 1. The zero-order valence-electron chi connectivity index (χ0n) is 15.7. The Morgan fingerprint density at radius 1 is 1.08 bits per heavy atom. The van der Waals surface area contributed by atoms with Crippen LogP contribution in [0.3, 0.4) is 0 Å².